The van der Waals surface area contributed by atoms with Crippen LogP contribution in [0.5, 0.6) is 5.75 Å². The quantitative estimate of drug-likeness (QED) is 0.716. The fraction of sp³-hybridized carbons (Fsp3) is 0.400. The van der Waals surface area contributed by atoms with Crippen molar-refractivity contribution in [3.63, 3.8) is 0 Å². The lowest BCUT2D eigenvalue weighted by Crippen LogP contribution is -2.15. The number of aliphatic hydroxyl groups is 2. The first-order chi connectivity index (χ1) is 6.27. The van der Waals surface area contributed by atoms with Crippen LogP contribution in [0.4, 0.5) is 0 Å². The van der Waals surface area contributed by atoms with Gasteiger partial charge < -0.3 is 14.9 Å². The molecule has 2 N–H and O–H groups in total. The van der Waals surface area contributed by atoms with E-state index < -0.39 is 6.10 Å². The fourth-order valence-corrected chi connectivity index (χ4v) is 1.19. The molecule has 0 saturated carbocycles. The molecule has 0 aliphatic carbocycles. The summed E-state index contributed by atoms with van der Waals surface area (Å²) in [5.41, 5.74) is 0.909. The van der Waals surface area contributed by atoms with Crippen molar-refractivity contribution in [1.29, 1.82) is 0 Å². The highest BCUT2D eigenvalue weighted by atomic mass is 16.5. The molecule has 1 aromatic rings. The fourth-order valence-electron chi connectivity index (χ4n) is 1.19. The Morgan fingerprint density at radius 3 is 2.69 bits per heavy atom. The number of benzene rings is 1. The smallest absolute Gasteiger partial charge is 0.122 e. The molecule has 1 rings (SSSR count). The van der Waals surface area contributed by atoms with Crippen molar-refractivity contribution < 1.29 is 14.9 Å². The summed E-state index contributed by atoms with van der Waals surface area (Å²) in [4.78, 5) is 0. The first-order valence-electron chi connectivity index (χ1n) is 4.18. The molecule has 0 fully saturated rings. The molecule has 3 nitrogen and oxygen atoms in total. The first kappa shape index (κ1) is 10.0. The topological polar surface area (TPSA) is 49.7 Å². The Morgan fingerprint density at radius 1 is 1.38 bits per heavy atom. The highest BCUT2D eigenvalue weighted by Crippen LogP contribution is 2.18. The van der Waals surface area contributed by atoms with Crippen LogP contribution in [-0.2, 0) is 6.42 Å². The second-order valence-electron chi connectivity index (χ2n) is 2.85. The Morgan fingerprint density at radius 2 is 2.08 bits per heavy atom. The van der Waals surface area contributed by atoms with Gasteiger partial charge in [-0.25, -0.2) is 0 Å². The summed E-state index contributed by atoms with van der Waals surface area (Å²) in [5, 5.41) is 17.9. The van der Waals surface area contributed by atoms with Crippen molar-refractivity contribution in [1.82, 2.24) is 0 Å². The van der Waals surface area contributed by atoms with E-state index in [1.807, 2.05) is 24.3 Å². The second-order valence-corrected chi connectivity index (χ2v) is 2.85. The molecule has 0 aliphatic heterocycles. The van der Waals surface area contributed by atoms with Crippen molar-refractivity contribution in [2.24, 2.45) is 0 Å². The maximum absolute atomic E-state index is 9.23. The summed E-state index contributed by atoms with van der Waals surface area (Å²) in [5.74, 6) is 0.745. The SMILES string of the molecule is COc1ccccc1C[C@H](O)CO. The van der Waals surface area contributed by atoms with Gasteiger partial charge in [0.1, 0.15) is 5.75 Å². The summed E-state index contributed by atoms with van der Waals surface area (Å²) in [6, 6.07) is 7.45. The first-order valence-corrected chi connectivity index (χ1v) is 4.18. The van der Waals surface area contributed by atoms with E-state index in [9.17, 15) is 5.11 Å². The minimum atomic E-state index is -0.712. The van der Waals surface area contributed by atoms with E-state index in [4.69, 9.17) is 9.84 Å². The standard InChI is InChI=1S/C10H14O3/c1-13-10-5-3-2-4-8(10)6-9(12)7-11/h2-5,9,11-12H,6-7H2,1H3/t9-/m0/s1. The maximum atomic E-state index is 9.23. The van der Waals surface area contributed by atoms with Crippen molar-refractivity contribution >= 4 is 0 Å². The van der Waals surface area contributed by atoms with Gasteiger partial charge in [-0.05, 0) is 11.6 Å². The molecule has 1 aromatic carbocycles. The number of rotatable bonds is 4. The van der Waals surface area contributed by atoms with E-state index in [1.54, 1.807) is 7.11 Å². The third-order valence-corrected chi connectivity index (χ3v) is 1.86. The van der Waals surface area contributed by atoms with E-state index in [0.717, 1.165) is 11.3 Å². The van der Waals surface area contributed by atoms with Crippen molar-refractivity contribution in [2.75, 3.05) is 13.7 Å². The summed E-state index contributed by atoms with van der Waals surface area (Å²) in [6.45, 7) is -0.224. The molecule has 0 amide bonds. The van der Waals surface area contributed by atoms with Gasteiger partial charge in [0.25, 0.3) is 0 Å². The van der Waals surface area contributed by atoms with E-state index in [0.29, 0.717) is 6.42 Å². The zero-order valence-electron chi connectivity index (χ0n) is 7.60. The molecule has 0 saturated heterocycles. The third kappa shape index (κ3) is 2.72. The third-order valence-electron chi connectivity index (χ3n) is 1.86. The number of hydrogen-bond acceptors (Lipinski definition) is 3. The highest BCUT2D eigenvalue weighted by Gasteiger charge is 2.07. The molecule has 0 heterocycles. The Labute approximate surface area is 77.6 Å². The maximum Gasteiger partial charge on any atom is 0.122 e. The van der Waals surface area contributed by atoms with Gasteiger partial charge in [0, 0.05) is 6.42 Å². The minimum Gasteiger partial charge on any atom is -0.496 e. The Hall–Kier alpha value is -1.06. The monoisotopic (exact) mass is 182 g/mol. The van der Waals surface area contributed by atoms with Crippen molar-refractivity contribution in [2.45, 2.75) is 12.5 Å². The van der Waals surface area contributed by atoms with Crippen molar-refractivity contribution in [3.8, 4) is 5.75 Å². The Bertz CT molecular complexity index is 260. The predicted octanol–water partition coefficient (Wildman–Crippen LogP) is 0.591. The number of ether oxygens (including phenoxy) is 1. The van der Waals surface area contributed by atoms with Gasteiger partial charge in [0.15, 0.2) is 0 Å². The van der Waals surface area contributed by atoms with E-state index in [1.165, 1.54) is 0 Å². The number of para-hydroxylation sites is 1. The lowest BCUT2D eigenvalue weighted by molar-refractivity contribution is 0.0950. The van der Waals surface area contributed by atoms with Crippen LogP contribution >= 0.6 is 0 Å². The molecule has 0 aromatic heterocycles. The van der Waals surface area contributed by atoms with Crippen molar-refractivity contribution in [3.05, 3.63) is 29.8 Å². The molecule has 0 radical (unpaired) electrons. The molecule has 0 aliphatic rings. The predicted molar refractivity (Wildman–Crippen MR) is 49.8 cm³/mol. The van der Waals surface area contributed by atoms with Gasteiger partial charge >= 0.3 is 0 Å². The molecule has 0 bridgehead atoms. The van der Waals surface area contributed by atoms with Crippen LogP contribution in [0.15, 0.2) is 24.3 Å². The molecular formula is C10H14O3. The Kier molecular flexibility index (Phi) is 3.73. The van der Waals surface area contributed by atoms with E-state index >= 15 is 0 Å². The van der Waals surface area contributed by atoms with Crippen LogP contribution in [0, 0.1) is 0 Å². The van der Waals surface area contributed by atoms with Crippen LogP contribution in [0.25, 0.3) is 0 Å². The minimum absolute atomic E-state index is 0.224. The van der Waals surface area contributed by atoms with Gasteiger partial charge in [0.05, 0.1) is 19.8 Å². The highest BCUT2D eigenvalue weighted by molar-refractivity contribution is 5.33. The van der Waals surface area contributed by atoms with E-state index in [2.05, 4.69) is 0 Å². The van der Waals surface area contributed by atoms with E-state index in [-0.39, 0.29) is 6.61 Å². The molecule has 3 heteroatoms. The molecule has 0 unspecified atom stereocenters. The molecule has 13 heavy (non-hydrogen) atoms. The lowest BCUT2D eigenvalue weighted by atomic mass is 10.1. The van der Waals surface area contributed by atoms with Crippen LogP contribution in [0.3, 0.4) is 0 Å². The van der Waals surface area contributed by atoms with Gasteiger partial charge in [-0.3, -0.25) is 0 Å². The molecular weight excluding hydrogens is 168 g/mol. The number of hydrogen-bond donors (Lipinski definition) is 2. The van der Waals surface area contributed by atoms with Gasteiger partial charge in [0.2, 0.25) is 0 Å². The molecule has 1 atom stereocenters. The number of aliphatic hydroxyl groups excluding tert-OH is 2. The normalized spacial score (nSPS) is 12.5. The molecule has 0 spiro atoms. The summed E-state index contributed by atoms with van der Waals surface area (Å²) >= 11 is 0. The van der Waals surface area contributed by atoms with Crippen LogP contribution < -0.4 is 4.74 Å². The summed E-state index contributed by atoms with van der Waals surface area (Å²) < 4.78 is 5.10. The van der Waals surface area contributed by atoms with Gasteiger partial charge in [-0.2, -0.15) is 0 Å². The second kappa shape index (κ2) is 4.84. The van der Waals surface area contributed by atoms with Gasteiger partial charge in [-0.15, -0.1) is 0 Å². The molecule has 72 valence electrons. The van der Waals surface area contributed by atoms with Gasteiger partial charge in [-0.1, -0.05) is 18.2 Å². The average molecular weight is 182 g/mol. The zero-order chi connectivity index (χ0) is 9.68. The lowest BCUT2D eigenvalue weighted by Gasteiger charge is -2.10. The summed E-state index contributed by atoms with van der Waals surface area (Å²) in [7, 11) is 1.59. The van der Waals surface area contributed by atoms with Crippen LogP contribution in [0.2, 0.25) is 0 Å². The van der Waals surface area contributed by atoms with Crippen LogP contribution in [0.1, 0.15) is 5.56 Å². The Balaban J connectivity index is 2.74. The largest absolute Gasteiger partial charge is 0.496 e. The zero-order valence-corrected chi connectivity index (χ0v) is 7.60. The number of methoxy groups -OCH3 is 1. The average Bonchev–Trinajstić information content (AvgIpc) is 2.18. The van der Waals surface area contributed by atoms with Crippen LogP contribution in [-0.4, -0.2) is 30.0 Å². The summed E-state index contributed by atoms with van der Waals surface area (Å²) in [6.07, 6.45) is -0.295.